The summed E-state index contributed by atoms with van der Waals surface area (Å²) in [7, 11) is 0. The molecule has 2 aromatic rings. The maximum Gasteiger partial charge on any atom is 0.411 e. The molecule has 0 atom stereocenters. The number of carbonyl (C=O) groups is 1. The Morgan fingerprint density at radius 1 is 1.43 bits per heavy atom. The number of fused-ring (bicyclic) bond motifs is 1. The van der Waals surface area contributed by atoms with Gasteiger partial charge in [0.25, 0.3) is 0 Å². The normalized spacial score (nSPS) is 10.6. The summed E-state index contributed by atoms with van der Waals surface area (Å²) in [5.41, 5.74) is 0.0873. The van der Waals surface area contributed by atoms with Crippen molar-refractivity contribution in [2.45, 2.75) is 26.7 Å². The minimum absolute atomic E-state index is 0.00842. The Labute approximate surface area is 121 Å². The molecule has 0 saturated heterocycles. The molecule has 0 aliphatic heterocycles. The molecule has 1 amide bonds. The van der Waals surface area contributed by atoms with Crippen LogP contribution in [0.5, 0.6) is 5.75 Å². The van der Waals surface area contributed by atoms with Crippen molar-refractivity contribution in [3.63, 3.8) is 0 Å². The standard InChI is InChI=1S/C15H17NO5/c1-3-4-7-20-15(19)16-11-8-10-5-6-12(17)9(2)13(10)21-14(11)18/h5-6,8,17H,3-4,7H2,1-2H3,(H,16,19). The first-order valence-electron chi connectivity index (χ1n) is 6.73. The van der Waals surface area contributed by atoms with E-state index in [1.54, 1.807) is 13.0 Å². The fourth-order valence-corrected chi connectivity index (χ4v) is 1.86. The summed E-state index contributed by atoms with van der Waals surface area (Å²) in [5, 5.41) is 12.6. The second-order valence-electron chi connectivity index (χ2n) is 4.69. The van der Waals surface area contributed by atoms with Gasteiger partial charge in [-0.15, -0.1) is 0 Å². The van der Waals surface area contributed by atoms with Gasteiger partial charge < -0.3 is 14.3 Å². The Balaban J connectivity index is 2.25. The fraction of sp³-hybridized carbons (Fsp3) is 0.333. The summed E-state index contributed by atoms with van der Waals surface area (Å²) in [6.07, 6.45) is 0.984. The van der Waals surface area contributed by atoms with Crippen molar-refractivity contribution in [1.29, 1.82) is 0 Å². The van der Waals surface area contributed by atoms with Crippen molar-refractivity contribution in [3.8, 4) is 5.75 Å². The maximum absolute atomic E-state index is 11.8. The number of carbonyl (C=O) groups excluding carboxylic acids is 1. The van der Waals surface area contributed by atoms with Crippen LogP contribution in [0.4, 0.5) is 10.5 Å². The van der Waals surface area contributed by atoms with Gasteiger partial charge in [0.2, 0.25) is 0 Å². The molecular formula is C15H17NO5. The highest BCUT2D eigenvalue weighted by Crippen LogP contribution is 2.26. The van der Waals surface area contributed by atoms with E-state index >= 15 is 0 Å². The van der Waals surface area contributed by atoms with E-state index in [2.05, 4.69) is 5.32 Å². The number of hydrogen-bond acceptors (Lipinski definition) is 5. The van der Waals surface area contributed by atoms with Crippen LogP contribution in [0.2, 0.25) is 0 Å². The predicted octanol–water partition coefficient (Wildman–Crippen LogP) is 3.16. The van der Waals surface area contributed by atoms with E-state index in [1.807, 2.05) is 6.92 Å². The van der Waals surface area contributed by atoms with Gasteiger partial charge >= 0.3 is 11.7 Å². The Morgan fingerprint density at radius 3 is 2.90 bits per heavy atom. The molecule has 0 unspecified atom stereocenters. The molecule has 6 nitrogen and oxygen atoms in total. The third kappa shape index (κ3) is 3.34. The van der Waals surface area contributed by atoms with E-state index in [4.69, 9.17) is 9.15 Å². The van der Waals surface area contributed by atoms with Gasteiger partial charge in [-0.2, -0.15) is 0 Å². The molecular weight excluding hydrogens is 274 g/mol. The van der Waals surface area contributed by atoms with Crippen LogP contribution >= 0.6 is 0 Å². The number of benzene rings is 1. The minimum atomic E-state index is -0.691. The quantitative estimate of drug-likeness (QED) is 0.667. The molecule has 0 fully saturated rings. The van der Waals surface area contributed by atoms with Gasteiger partial charge in [0.05, 0.1) is 6.61 Å². The molecule has 0 saturated carbocycles. The number of rotatable bonds is 4. The van der Waals surface area contributed by atoms with Crippen LogP contribution in [0.25, 0.3) is 11.0 Å². The van der Waals surface area contributed by atoms with Gasteiger partial charge in [-0.25, -0.2) is 9.59 Å². The van der Waals surface area contributed by atoms with Crippen LogP contribution in [0.1, 0.15) is 25.3 Å². The van der Waals surface area contributed by atoms with Crippen LogP contribution < -0.4 is 10.9 Å². The molecule has 0 bridgehead atoms. The second kappa shape index (κ2) is 6.30. The number of phenolic OH excluding ortho intramolecular Hbond substituents is 1. The van der Waals surface area contributed by atoms with Gasteiger partial charge in [-0.05, 0) is 31.5 Å². The maximum atomic E-state index is 11.8. The van der Waals surface area contributed by atoms with Crippen LogP contribution in [0.15, 0.2) is 27.4 Å². The molecule has 2 rings (SSSR count). The highest BCUT2D eigenvalue weighted by molar-refractivity contribution is 5.89. The van der Waals surface area contributed by atoms with Crippen molar-refractivity contribution in [2.24, 2.45) is 0 Å². The fourth-order valence-electron chi connectivity index (χ4n) is 1.86. The smallest absolute Gasteiger partial charge is 0.411 e. The highest BCUT2D eigenvalue weighted by Gasteiger charge is 2.12. The van der Waals surface area contributed by atoms with Crippen molar-refractivity contribution in [1.82, 2.24) is 0 Å². The van der Waals surface area contributed by atoms with Crippen molar-refractivity contribution in [3.05, 3.63) is 34.2 Å². The SMILES string of the molecule is CCCCOC(=O)Nc1cc2ccc(O)c(C)c2oc1=O. The van der Waals surface area contributed by atoms with Crippen LogP contribution in [0, 0.1) is 6.92 Å². The summed E-state index contributed by atoms with van der Waals surface area (Å²) in [5.74, 6) is 0.0466. The van der Waals surface area contributed by atoms with E-state index < -0.39 is 11.7 Å². The summed E-state index contributed by atoms with van der Waals surface area (Å²) in [6.45, 7) is 3.93. The number of ether oxygens (including phenoxy) is 1. The average Bonchev–Trinajstić information content (AvgIpc) is 2.45. The van der Waals surface area contributed by atoms with Crippen molar-refractivity contribution >= 4 is 22.7 Å². The van der Waals surface area contributed by atoms with E-state index in [0.29, 0.717) is 23.1 Å². The van der Waals surface area contributed by atoms with Crippen LogP contribution in [0.3, 0.4) is 0 Å². The summed E-state index contributed by atoms with van der Waals surface area (Å²) in [6, 6.07) is 4.60. The highest BCUT2D eigenvalue weighted by atomic mass is 16.5. The van der Waals surface area contributed by atoms with Gasteiger partial charge in [0.1, 0.15) is 17.0 Å². The molecule has 112 valence electrons. The van der Waals surface area contributed by atoms with Gasteiger partial charge in [-0.1, -0.05) is 13.3 Å². The lowest BCUT2D eigenvalue weighted by Gasteiger charge is -2.07. The van der Waals surface area contributed by atoms with Crippen LogP contribution in [-0.2, 0) is 4.74 Å². The zero-order valence-corrected chi connectivity index (χ0v) is 11.9. The molecule has 1 aromatic heterocycles. The predicted molar refractivity (Wildman–Crippen MR) is 78.8 cm³/mol. The number of amides is 1. The number of phenols is 1. The zero-order chi connectivity index (χ0) is 15.4. The summed E-state index contributed by atoms with van der Waals surface area (Å²) in [4.78, 5) is 23.4. The van der Waals surface area contributed by atoms with E-state index in [-0.39, 0.29) is 11.4 Å². The molecule has 6 heteroatoms. The molecule has 2 N–H and O–H groups in total. The van der Waals surface area contributed by atoms with Crippen LogP contribution in [-0.4, -0.2) is 17.8 Å². The first-order valence-corrected chi connectivity index (χ1v) is 6.73. The first kappa shape index (κ1) is 14.9. The lowest BCUT2D eigenvalue weighted by atomic mass is 10.1. The van der Waals surface area contributed by atoms with Gasteiger partial charge in [-0.3, -0.25) is 5.32 Å². The summed E-state index contributed by atoms with van der Waals surface area (Å²) >= 11 is 0. The third-order valence-corrected chi connectivity index (χ3v) is 3.09. The Hall–Kier alpha value is -2.50. The van der Waals surface area contributed by atoms with Gasteiger partial charge in [0.15, 0.2) is 0 Å². The van der Waals surface area contributed by atoms with Crippen molar-refractivity contribution < 1.29 is 19.1 Å². The van der Waals surface area contributed by atoms with Crippen molar-refractivity contribution in [2.75, 3.05) is 11.9 Å². The number of hydrogen-bond donors (Lipinski definition) is 2. The minimum Gasteiger partial charge on any atom is -0.508 e. The molecule has 0 spiro atoms. The van der Waals surface area contributed by atoms with Gasteiger partial charge in [0, 0.05) is 10.9 Å². The topological polar surface area (TPSA) is 88.8 Å². The molecule has 0 aliphatic carbocycles. The molecule has 0 radical (unpaired) electrons. The number of aromatic hydroxyl groups is 1. The number of unbranched alkanes of at least 4 members (excludes halogenated alkanes) is 1. The number of anilines is 1. The zero-order valence-electron chi connectivity index (χ0n) is 11.9. The molecule has 21 heavy (non-hydrogen) atoms. The molecule has 0 aliphatic rings. The molecule has 1 aromatic carbocycles. The monoisotopic (exact) mass is 291 g/mol. The average molecular weight is 291 g/mol. The lowest BCUT2D eigenvalue weighted by molar-refractivity contribution is 0.160. The number of nitrogens with one attached hydrogen (secondary N) is 1. The largest absolute Gasteiger partial charge is 0.508 e. The third-order valence-electron chi connectivity index (χ3n) is 3.09. The Morgan fingerprint density at radius 2 is 2.19 bits per heavy atom. The lowest BCUT2D eigenvalue weighted by Crippen LogP contribution is -2.19. The Bertz CT molecular complexity index is 720. The number of aryl methyl sites for hydroxylation is 1. The van der Waals surface area contributed by atoms with E-state index in [9.17, 15) is 14.7 Å². The first-order chi connectivity index (χ1) is 10.0. The second-order valence-corrected chi connectivity index (χ2v) is 4.69. The summed E-state index contributed by atoms with van der Waals surface area (Å²) < 4.78 is 10.1. The molecule has 1 heterocycles. The van der Waals surface area contributed by atoms with E-state index in [0.717, 1.165) is 12.8 Å². The van der Waals surface area contributed by atoms with E-state index in [1.165, 1.54) is 12.1 Å². The Kier molecular flexibility index (Phi) is 4.47.